The molecule has 7 nitrogen and oxygen atoms in total. The fourth-order valence-corrected chi connectivity index (χ4v) is 5.16. The molecule has 5 rings (SSSR count). The van der Waals surface area contributed by atoms with Gasteiger partial charge in [-0.3, -0.25) is 9.36 Å². The molecule has 0 unspecified atom stereocenters. The summed E-state index contributed by atoms with van der Waals surface area (Å²) in [5.41, 5.74) is 3.40. The fourth-order valence-electron chi connectivity index (χ4n) is 4.05. The smallest absolute Gasteiger partial charge is 0.340 e. The van der Waals surface area contributed by atoms with E-state index in [0.717, 1.165) is 11.3 Å². The summed E-state index contributed by atoms with van der Waals surface area (Å²) in [6.45, 7) is 3.78. The van der Waals surface area contributed by atoms with Crippen molar-refractivity contribution < 1.29 is 14.3 Å². The molecule has 0 bridgehead atoms. The van der Waals surface area contributed by atoms with Crippen LogP contribution in [0.5, 0.6) is 5.75 Å². The minimum Gasteiger partial charge on any atom is -0.497 e. The van der Waals surface area contributed by atoms with Crippen LogP contribution in [-0.2, 0) is 4.74 Å². The molecule has 0 N–H and O–H groups in total. The van der Waals surface area contributed by atoms with Gasteiger partial charge in [-0.1, -0.05) is 30.3 Å². The number of hydrogen-bond acceptors (Lipinski definition) is 7. The van der Waals surface area contributed by atoms with Crippen LogP contribution in [0.4, 0.5) is 0 Å². The van der Waals surface area contributed by atoms with Crippen molar-refractivity contribution in [1.82, 2.24) is 14.5 Å². The molecule has 0 aliphatic heterocycles. The van der Waals surface area contributed by atoms with E-state index < -0.39 is 5.97 Å². The lowest BCUT2D eigenvalue weighted by Gasteiger charge is -2.14. The maximum Gasteiger partial charge on any atom is 0.340 e. The highest BCUT2D eigenvalue weighted by atomic mass is 32.1. The Labute approximate surface area is 199 Å². The topological polar surface area (TPSA) is 83.3 Å². The zero-order chi connectivity index (χ0) is 23.8. The van der Waals surface area contributed by atoms with Gasteiger partial charge in [0.25, 0.3) is 5.56 Å². The highest BCUT2D eigenvalue weighted by Crippen LogP contribution is 2.40. The molecule has 8 heteroatoms. The summed E-state index contributed by atoms with van der Waals surface area (Å²) in [5.74, 6) is 0.236. The standard InChI is InChI=1S/C26H21N3O4S/c1-4-33-26(31)19-15(2)28-24-21(20(19)16-10-12-18(32-3)13-11-16)22-23(34-24)25(30)29(14-27-22)17-8-6-5-7-9-17/h5-14H,4H2,1-3H3. The number of carbonyl (C=O) groups is 1. The van der Waals surface area contributed by atoms with E-state index in [1.165, 1.54) is 22.2 Å². The van der Waals surface area contributed by atoms with Gasteiger partial charge >= 0.3 is 5.97 Å². The summed E-state index contributed by atoms with van der Waals surface area (Å²) in [7, 11) is 1.60. The number of benzene rings is 2. The van der Waals surface area contributed by atoms with Gasteiger partial charge in [0.2, 0.25) is 0 Å². The second-order valence-corrected chi connectivity index (χ2v) is 8.61. The van der Waals surface area contributed by atoms with Crippen LogP contribution >= 0.6 is 11.3 Å². The molecule has 0 radical (unpaired) electrons. The van der Waals surface area contributed by atoms with Gasteiger partial charge in [-0.15, -0.1) is 11.3 Å². The average Bonchev–Trinajstić information content (AvgIpc) is 3.23. The highest BCUT2D eigenvalue weighted by molar-refractivity contribution is 7.25. The third-order valence-corrected chi connectivity index (χ3v) is 6.66. The lowest BCUT2D eigenvalue weighted by atomic mass is 9.95. The second kappa shape index (κ2) is 8.72. The molecule has 0 aliphatic rings. The van der Waals surface area contributed by atoms with Gasteiger partial charge in [-0.25, -0.2) is 14.8 Å². The Morgan fingerprint density at radius 2 is 1.82 bits per heavy atom. The zero-order valence-electron chi connectivity index (χ0n) is 18.9. The summed E-state index contributed by atoms with van der Waals surface area (Å²) in [6, 6.07) is 16.8. The van der Waals surface area contributed by atoms with E-state index in [4.69, 9.17) is 9.47 Å². The van der Waals surface area contributed by atoms with Gasteiger partial charge in [-0.05, 0) is 43.7 Å². The van der Waals surface area contributed by atoms with Crippen molar-refractivity contribution in [3.05, 3.63) is 82.5 Å². The Bertz CT molecular complexity index is 1590. The number of methoxy groups -OCH3 is 1. The van der Waals surface area contributed by atoms with Gasteiger partial charge in [0.05, 0.1) is 36.2 Å². The van der Waals surface area contributed by atoms with Crippen molar-refractivity contribution in [2.75, 3.05) is 13.7 Å². The van der Waals surface area contributed by atoms with Crippen molar-refractivity contribution in [2.45, 2.75) is 13.8 Å². The number of fused-ring (bicyclic) bond motifs is 3. The third-order valence-electron chi connectivity index (χ3n) is 5.60. The summed E-state index contributed by atoms with van der Waals surface area (Å²) >= 11 is 1.28. The SMILES string of the molecule is CCOC(=O)c1c(C)nc2sc3c(=O)n(-c4ccccc4)cnc3c2c1-c1ccc(OC)cc1. The van der Waals surface area contributed by atoms with E-state index >= 15 is 0 Å². The molecule has 3 heterocycles. The number of thiophene rings is 1. The van der Waals surface area contributed by atoms with E-state index in [1.807, 2.05) is 54.6 Å². The number of aromatic nitrogens is 3. The van der Waals surface area contributed by atoms with Crippen molar-refractivity contribution >= 4 is 37.7 Å². The molecule has 5 aromatic rings. The number of pyridine rings is 1. The molecule has 0 saturated carbocycles. The van der Waals surface area contributed by atoms with E-state index in [-0.39, 0.29) is 12.2 Å². The molecule has 0 amide bonds. The first-order valence-corrected chi connectivity index (χ1v) is 11.6. The summed E-state index contributed by atoms with van der Waals surface area (Å²) in [6.07, 6.45) is 1.52. The predicted octanol–water partition coefficient (Wildman–Crippen LogP) is 5.16. The first-order chi connectivity index (χ1) is 16.5. The second-order valence-electron chi connectivity index (χ2n) is 7.61. The van der Waals surface area contributed by atoms with Crippen LogP contribution in [0.3, 0.4) is 0 Å². The number of aryl methyl sites for hydroxylation is 1. The predicted molar refractivity (Wildman–Crippen MR) is 133 cm³/mol. The first-order valence-electron chi connectivity index (χ1n) is 10.7. The molecule has 0 aliphatic carbocycles. The number of nitrogens with zero attached hydrogens (tertiary/aromatic N) is 3. The Kier molecular flexibility index (Phi) is 5.59. The molecule has 2 aromatic carbocycles. The van der Waals surface area contributed by atoms with Gasteiger partial charge in [0.1, 0.15) is 21.6 Å². The quantitative estimate of drug-likeness (QED) is 0.330. The Morgan fingerprint density at radius 3 is 2.50 bits per heavy atom. The number of rotatable bonds is 5. The fraction of sp³-hybridized carbons (Fsp3) is 0.154. The summed E-state index contributed by atoms with van der Waals surface area (Å²) < 4.78 is 12.7. The monoisotopic (exact) mass is 471 g/mol. The van der Waals surface area contributed by atoms with Crippen LogP contribution in [0.1, 0.15) is 23.0 Å². The van der Waals surface area contributed by atoms with Crippen LogP contribution in [-0.4, -0.2) is 34.2 Å². The molecular formula is C26H21N3O4S. The van der Waals surface area contributed by atoms with Crippen LogP contribution in [0.2, 0.25) is 0 Å². The largest absolute Gasteiger partial charge is 0.497 e. The molecule has 0 spiro atoms. The minimum atomic E-state index is -0.461. The number of esters is 1. The third kappa shape index (κ3) is 3.52. The zero-order valence-corrected chi connectivity index (χ0v) is 19.7. The van der Waals surface area contributed by atoms with Crippen LogP contribution in [0.25, 0.3) is 37.2 Å². The lowest BCUT2D eigenvalue weighted by molar-refractivity contribution is 0.0526. The number of hydrogen-bond donors (Lipinski definition) is 0. The van der Waals surface area contributed by atoms with Crippen LogP contribution < -0.4 is 10.3 Å². The Hall–Kier alpha value is -4.04. The molecule has 0 atom stereocenters. The van der Waals surface area contributed by atoms with Gasteiger partial charge < -0.3 is 9.47 Å². The van der Waals surface area contributed by atoms with Crippen LogP contribution in [0.15, 0.2) is 65.7 Å². The summed E-state index contributed by atoms with van der Waals surface area (Å²) in [5, 5.41) is 0.663. The molecule has 0 fully saturated rings. The van der Waals surface area contributed by atoms with Crippen molar-refractivity contribution in [3.8, 4) is 22.6 Å². The summed E-state index contributed by atoms with van der Waals surface area (Å²) in [4.78, 5) is 36.4. The van der Waals surface area contributed by atoms with Crippen molar-refractivity contribution in [2.24, 2.45) is 0 Å². The maximum absolute atomic E-state index is 13.4. The average molecular weight is 472 g/mol. The van der Waals surface area contributed by atoms with Gasteiger partial charge in [0, 0.05) is 10.9 Å². The Morgan fingerprint density at radius 1 is 1.09 bits per heavy atom. The number of para-hydroxylation sites is 1. The number of ether oxygens (including phenoxy) is 2. The first kappa shape index (κ1) is 21.8. The molecule has 34 heavy (non-hydrogen) atoms. The van der Waals surface area contributed by atoms with Gasteiger partial charge in [-0.2, -0.15) is 0 Å². The van der Waals surface area contributed by atoms with E-state index in [9.17, 15) is 9.59 Å². The lowest BCUT2D eigenvalue weighted by Crippen LogP contribution is -2.17. The maximum atomic E-state index is 13.4. The van der Waals surface area contributed by atoms with E-state index in [1.54, 1.807) is 21.0 Å². The molecule has 0 saturated heterocycles. The molecule has 3 aromatic heterocycles. The van der Waals surface area contributed by atoms with Gasteiger partial charge in [0.15, 0.2) is 0 Å². The van der Waals surface area contributed by atoms with E-state index in [0.29, 0.717) is 43.0 Å². The number of carbonyl (C=O) groups excluding carboxylic acids is 1. The van der Waals surface area contributed by atoms with Crippen LogP contribution in [0, 0.1) is 6.92 Å². The highest BCUT2D eigenvalue weighted by Gasteiger charge is 2.26. The minimum absolute atomic E-state index is 0.185. The van der Waals surface area contributed by atoms with Crippen molar-refractivity contribution in [1.29, 1.82) is 0 Å². The van der Waals surface area contributed by atoms with Crippen molar-refractivity contribution in [3.63, 3.8) is 0 Å². The van der Waals surface area contributed by atoms with E-state index in [2.05, 4.69) is 9.97 Å². The normalized spacial score (nSPS) is 11.1. The molecule has 170 valence electrons. The molecular weight excluding hydrogens is 450 g/mol. The Balaban J connectivity index is 1.87.